The summed E-state index contributed by atoms with van der Waals surface area (Å²) in [5.74, 6) is -0.341. The van der Waals surface area contributed by atoms with E-state index in [1.807, 2.05) is 18.2 Å². The number of rotatable bonds is 5. The molecule has 0 spiro atoms. The molecule has 1 aromatic rings. The third kappa shape index (κ3) is 3.29. The summed E-state index contributed by atoms with van der Waals surface area (Å²) in [7, 11) is 3.42. The van der Waals surface area contributed by atoms with E-state index in [-0.39, 0.29) is 11.9 Å². The van der Waals surface area contributed by atoms with Crippen LogP contribution < -0.4 is 10.2 Å². The molecule has 108 valence electrons. The number of hydrogen-bond acceptors (Lipinski definition) is 4. The largest absolute Gasteiger partial charge is 0.469 e. The highest BCUT2D eigenvalue weighted by molar-refractivity contribution is 5.95. The summed E-state index contributed by atoms with van der Waals surface area (Å²) in [6, 6.07) is 5.79. The first kappa shape index (κ1) is 14.4. The second-order valence-corrected chi connectivity index (χ2v) is 4.95. The van der Waals surface area contributed by atoms with E-state index < -0.39 is 0 Å². The van der Waals surface area contributed by atoms with Crippen LogP contribution in [0.5, 0.6) is 0 Å². The molecule has 5 nitrogen and oxygen atoms in total. The SMILES string of the molecule is COC(=O)CCCNC(=O)c1ccc2c(c1)CCN2C. The van der Waals surface area contributed by atoms with Gasteiger partial charge in [0.05, 0.1) is 7.11 Å². The van der Waals surface area contributed by atoms with Gasteiger partial charge in [-0.15, -0.1) is 0 Å². The second kappa shape index (κ2) is 6.41. The highest BCUT2D eigenvalue weighted by Crippen LogP contribution is 2.27. The second-order valence-electron chi connectivity index (χ2n) is 4.95. The van der Waals surface area contributed by atoms with E-state index in [1.165, 1.54) is 18.4 Å². The van der Waals surface area contributed by atoms with Crippen molar-refractivity contribution in [3.05, 3.63) is 29.3 Å². The van der Waals surface area contributed by atoms with Crippen LogP contribution in [0.25, 0.3) is 0 Å². The number of carbonyl (C=O) groups is 2. The number of nitrogens with one attached hydrogen (secondary N) is 1. The summed E-state index contributed by atoms with van der Waals surface area (Å²) in [6.45, 7) is 1.48. The number of fused-ring (bicyclic) bond motifs is 1. The van der Waals surface area contributed by atoms with Crippen LogP contribution in [0.2, 0.25) is 0 Å². The molecule has 0 saturated heterocycles. The lowest BCUT2D eigenvalue weighted by Crippen LogP contribution is -2.25. The van der Waals surface area contributed by atoms with Crippen molar-refractivity contribution < 1.29 is 14.3 Å². The fourth-order valence-electron chi connectivity index (χ4n) is 2.35. The van der Waals surface area contributed by atoms with Crippen molar-refractivity contribution >= 4 is 17.6 Å². The maximum Gasteiger partial charge on any atom is 0.305 e. The molecular weight excluding hydrogens is 256 g/mol. The van der Waals surface area contributed by atoms with Crippen LogP contribution in [0.4, 0.5) is 5.69 Å². The van der Waals surface area contributed by atoms with Crippen LogP contribution in [0, 0.1) is 0 Å². The van der Waals surface area contributed by atoms with E-state index in [0.717, 1.165) is 13.0 Å². The van der Waals surface area contributed by atoms with E-state index >= 15 is 0 Å². The Morgan fingerprint density at radius 2 is 2.20 bits per heavy atom. The molecule has 0 aromatic heterocycles. The highest BCUT2D eigenvalue weighted by Gasteiger charge is 2.17. The Hall–Kier alpha value is -2.04. The van der Waals surface area contributed by atoms with Gasteiger partial charge in [0.15, 0.2) is 0 Å². The Morgan fingerprint density at radius 3 is 2.95 bits per heavy atom. The lowest BCUT2D eigenvalue weighted by Gasteiger charge is -2.12. The zero-order valence-corrected chi connectivity index (χ0v) is 11.9. The zero-order valence-electron chi connectivity index (χ0n) is 11.9. The highest BCUT2D eigenvalue weighted by atomic mass is 16.5. The van der Waals surface area contributed by atoms with Crippen molar-refractivity contribution in [1.29, 1.82) is 0 Å². The van der Waals surface area contributed by atoms with Crippen LogP contribution in [-0.4, -0.2) is 39.1 Å². The number of carbonyl (C=O) groups excluding carboxylic acids is 2. The fourth-order valence-corrected chi connectivity index (χ4v) is 2.35. The number of benzene rings is 1. The van der Waals surface area contributed by atoms with Crippen molar-refractivity contribution in [2.24, 2.45) is 0 Å². The minimum Gasteiger partial charge on any atom is -0.469 e. The summed E-state index contributed by atoms with van der Waals surface area (Å²) in [5, 5.41) is 2.82. The maximum absolute atomic E-state index is 12.0. The van der Waals surface area contributed by atoms with E-state index in [4.69, 9.17) is 0 Å². The quantitative estimate of drug-likeness (QED) is 0.651. The molecular formula is C15H20N2O3. The van der Waals surface area contributed by atoms with Gasteiger partial charge in [0, 0.05) is 37.8 Å². The number of amides is 1. The lowest BCUT2D eigenvalue weighted by atomic mass is 10.1. The summed E-state index contributed by atoms with van der Waals surface area (Å²) < 4.78 is 4.55. The van der Waals surface area contributed by atoms with Crippen molar-refractivity contribution in [3.8, 4) is 0 Å². The van der Waals surface area contributed by atoms with Gasteiger partial charge in [0.25, 0.3) is 5.91 Å². The van der Waals surface area contributed by atoms with E-state index in [2.05, 4.69) is 22.0 Å². The van der Waals surface area contributed by atoms with Gasteiger partial charge in [0.2, 0.25) is 0 Å². The molecule has 20 heavy (non-hydrogen) atoms. The van der Waals surface area contributed by atoms with E-state index in [1.54, 1.807) is 0 Å². The first-order valence-electron chi connectivity index (χ1n) is 6.81. The van der Waals surface area contributed by atoms with Crippen LogP contribution in [-0.2, 0) is 16.0 Å². The number of methoxy groups -OCH3 is 1. The number of ether oxygens (including phenoxy) is 1. The molecule has 5 heteroatoms. The third-order valence-corrected chi connectivity index (χ3v) is 3.54. The molecule has 1 amide bonds. The number of anilines is 1. The van der Waals surface area contributed by atoms with Gasteiger partial charge in [-0.1, -0.05) is 0 Å². The smallest absolute Gasteiger partial charge is 0.305 e. The van der Waals surface area contributed by atoms with Gasteiger partial charge in [-0.2, -0.15) is 0 Å². The van der Waals surface area contributed by atoms with Crippen molar-refractivity contribution in [2.75, 3.05) is 32.1 Å². The van der Waals surface area contributed by atoms with Crippen molar-refractivity contribution in [3.63, 3.8) is 0 Å². The topological polar surface area (TPSA) is 58.6 Å². The van der Waals surface area contributed by atoms with Crippen LogP contribution >= 0.6 is 0 Å². The standard InChI is InChI=1S/C15H20N2O3/c1-17-9-7-11-10-12(5-6-13(11)17)15(19)16-8-3-4-14(18)20-2/h5-6,10H,3-4,7-9H2,1-2H3,(H,16,19). The van der Waals surface area contributed by atoms with Gasteiger partial charge in [-0.05, 0) is 36.6 Å². The molecule has 0 fully saturated rings. The zero-order chi connectivity index (χ0) is 14.5. The van der Waals surface area contributed by atoms with Crippen LogP contribution in [0.1, 0.15) is 28.8 Å². The van der Waals surface area contributed by atoms with E-state index in [9.17, 15) is 9.59 Å². The van der Waals surface area contributed by atoms with Crippen LogP contribution in [0.3, 0.4) is 0 Å². The minimum absolute atomic E-state index is 0.0905. The average Bonchev–Trinajstić information content (AvgIpc) is 2.84. The van der Waals surface area contributed by atoms with Gasteiger partial charge in [-0.3, -0.25) is 9.59 Å². The predicted octanol–water partition coefficient (Wildman–Crippen LogP) is 1.36. The number of nitrogens with zero attached hydrogens (tertiary/aromatic N) is 1. The number of likely N-dealkylation sites (N-methyl/N-ethyl adjacent to an activating group) is 1. The number of hydrogen-bond donors (Lipinski definition) is 1. The summed E-state index contributed by atoms with van der Waals surface area (Å²) in [4.78, 5) is 25.1. The Kier molecular flexibility index (Phi) is 4.61. The summed E-state index contributed by atoms with van der Waals surface area (Å²) in [6.07, 6.45) is 1.90. The first-order valence-corrected chi connectivity index (χ1v) is 6.81. The molecule has 1 heterocycles. The normalized spacial score (nSPS) is 13.0. The lowest BCUT2D eigenvalue weighted by molar-refractivity contribution is -0.140. The molecule has 2 rings (SSSR count). The van der Waals surface area contributed by atoms with Crippen LogP contribution in [0.15, 0.2) is 18.2 Å². The van der Waals surface area contributed by atoms with Gasteiger partial charge in [0.1, 0.15) is 0 Å². The average molecular weight is 276 g/mol. The molecule has 0 bridgehead atoms. The Labute approximate surface area is 118 Å². The van der Waals surface area contributed by atoms with Crippen molar-refractivity contribution in [2.45, 2.75) is 19.3 Å². The maximum atomic E-state index is 12.0. The monoisotopic (exact) mass is 276 g/mol. The Balaban J connectivity index is 1.86. The number of esters is 1. The predicted molar refractivity (Wildman–Crippen MR) is 77.0 cm³/mol. The first-order chi connectivity index (χ1) is 9.61. The Morgan fingerprint density at radius 1 is 1.40 bits per heavy atom. The molecule has 0 saturated carbocycles. The summed E-state index contributed by atoms with van der Waals surface area (Å²) in [5.41, 5.74) is 3.10. The molecule has 1 aliphatic rings. The Bertz CT molecular complexity index is 514. The molecule has 1 N–H and O–H groups in total. The van der Waals surface area contributed by atoms with E-state index in [0.29, 0.717) is 24.9 Å². The molecule has 0 aliphatic carbocycles. The van der Waals surface area contributed by atoms with Gasteiger partial charge in [-0.25, -0.2) is 0 Å². The third-order valence-electron chi connectivity index (χ3n) is 3.54. The molecule has 0 atom stereocenters. The fraction of sp³-hybridized carbons (Fsp3) is 0.467. The van der Waals surface area contributed by atoms with Crippen molar-refractivity contribution in [1.82, 2.24) is 5.32 Å². The minimum atomic E-state index is -0.250. The molecule has 0 unspecified atom stereocenters. The summed E-state index contributed by atoms with van der Waals surface area (Å²) >= 11 is 0. The van der Waals surface area contributed by atoms with Gasteiger partial charge < -0.3 is 15.0 Å². The van der Waals surface area contributed by atoms with Gasteiger partial charge >= 0.3 is 5.97 Å². The molecule has 1 aromatic carbocycles. The molecule has 1 aliphatic heterocycles. The molecule has 0 radical (unpaired) electrons.